The van der Waals surface area contributed by atoms with Gasteiger partial charge in [-0.2, -0.15) is 0 Å². The van der Waals surface area contributed by atoms with Crippen LogP contribution in [0.15, 0.2) is 54.4 Å². The van der Waals surface area contributed by atoms with Crippen LogP contribution >= 0.6 is 11.3 Å². The zero-order chi connectivity index (χ0) is 20.9. The number of carbonyl (C=O) groups is 2. The van der Waals surface area contributed by atoms with E-state index in [0.29, 0.717) is 19.5 Å². The molecule has 3 rings (SSSR count). The highest BCUT2D eigenvalue weighted by molar-refractivity contribution is 7.13. The Balaban J connectivity index is 1.84. The molecule has 5 heteroatoms. The molecule has 0 spiro atoms. The number of hydrogen-bond donors (Lipinski definition) is 1. The van der Waals surface area contributed by atoms with Crippen LogP contribution in [0.25, 0.3) is 10.4 Å². The summed E-state index contributed by atoms with van der Waals surface area (Å²) in [7, 11) is 0. The lowest BCUT2D eigenvalue weighted by molar-refractivity contribution is -0.143. The molecule has 4 nitrogen and oxygen atoms in total. The number of carbonyl (C=O) groups excluding carboxylic acids is 2. The Bertz CT molecular complexity index is 842. The van der Waals surface area contributed by atoms with Crippen molar-refractivity contribution >= 4 is 23.2 Å². The second-order valence-corrected chi connectivity index (χ2v) is 9.10. The average Bonchev–Trinajstić information content (AvgIpc) is 3.27. The summed E-state index contributed by atoms with van der Waals surface area (Å²) < 4.78 is 0. The minimum absolute atomic E-state index is 0.0148. The summed E-state index contributed by atoms with van der Waals surface area (Å²) in [5.74, 6) is 0.0757. The van der Waals surface area contributed by atoms with Crippen molar-refractivity contribution in [1.29, 1.82) is 0 Å². The van der Waals surface area contributed by atoms with Gasteiger partial charge in [-0.15, -0.1) is 17.9 Å². The molecule has 1 aromatic carbocycles. The monoisotopic (exact) mass is 410 g/mol. The molecule has 154 valence electrons. The number of likely N-dealkylation sites (tertiary alicyclic amines) is 1. The van der Waals surface area contributed by atoms with Crippen LogP contribution in [0, 0.1) is 11.3 Å². The highest BCUT2D eigenvalue weighted by Gasteiger charge is 2.43. The lowest BCUT2D eigenvalue weighted by Crippen LogP contribution is -2.55. The van der Waals surface area contributed by atoms with Gasteiger partial charge in [0.25, 0.3) is 0 Å². The SMILES string of the molecule is C=CCNC(=O)[C@@]1(Cc2ccc(-c3cccs3)cc2)CCCN(C(=O)C(C)C)C1. The van der Waals surface area contributed by atoms with Gasteiger partial charge in [0.2, 0.25) is 11.8 Å². The van der Waals surface area contributed by atoms with Crippen LogP contribution in [0.4, 0.5) is 0 Å². The van der Waals surface area contributed by atoms with Gasteiger partial charge in [-0.05, 0) is 41.8 Å². The number of piperidine rings is 1. The Hall–Kier alpha value is -2.40. The first-order chi connectivity index (χ1) is 13.9. The highest BCUT2D eigenvalue weighted by atomic mass is 32.1. The van der Waals surface area contributed by atoms with Gasteiger partial charge in [-0.1, -0.05) is 50.3 Å². The van der Waals surface area contributed by atoms with Crippen molar-refractivity contribution in [2.75, 3.05) is 19.6 Å². The normalized spacial score (nSPS) is 19.2. The maximum absolute atomic E-state index is 13.2. The summed E-state index contributed by atoms with van der Waals surface area (Å²) in [4.78, 5) is 28.9. The zero-order valence-electron chi connectivity index (χ0n) is 17.3. The van der Waals surface area contributed by atoms with Gasteiger partial charge < -0.3 is 10.2 Å². The molecule has 1 fully saturated rings. The molecule has 0 saturated carbocycles. The van der Waals surface area contributed by atoms with Crippen LogP contribution in [0.5, 0.6) is 0 Å². The first kappa shape index (κ1) is 21.3. The standard InChI is InChI=1S/C24H30N2O2S/c1-4-13-25-23(28)24(12-6-14-26(17-24)22(27)18(2)3)16-19-8-10-20(11-9-19)21-7-5-15-29-21/h4-5,7-11,15,18H,1,6,12-14,16-17H2,2-3H3,(H,25,28)/t24-/m1/s1. The van der Waals surface area contributed by atoms with E-state index in [0.717, 1.165) is 24.9 Å². The topological polar surface area (TPSA) is 49.4 Å². The molecule has 0 radical (unpaired) electrons. The fourth-order valence-corrected chi connectivity index (χ4v) is 4.80. The third-order valence-electron chi connectivity index (χ3n) is 5.57. The largest absolute Gasteiger partial charge is 0.352 e. The van der Waals surface area contributed by atoms with E-state index in [-0.39, 0.29) is 17.7 Å². The van der Waals surface area contributed by atoms with Gasteiger partial charge in [-0.3, -0.25) is 9.59 Å². The van der Waals surface area contributed by atoms with Crippen molar-refractivity contribution in [3.63, 3.8) is 0 Å². The Labute approximate surface area is 177 Å². The summed E-state index contributed by atoms with van der Waals surface area (Å²) in [6.07, 6.45) is 3.95. The Morgan fingerprint density at radius 3 is 2.66 bits per heavy atom. The van der Waals surface area contributed by atoms with E-state index in [1.807, 2.05) is 18.7 Å². The minimum atomic E-state index is -0.601. The lowest BCUT2D eigenvalue weighted by Gasteiger charge is -2.42. The van der Waals surface area contributed by atoms with E-state index in [1.165, 1.54) is 10.4 Å². The van der Waals surface area contributed by atoms with Crippen LogP contribution in [-0.4, -0.2) is 36.3 Å². The molecular weight excluding hydrogens is 380 g/mol. The molecule has 29 heavy (non-hydrogen) atoms. The number of nitrogens with one attached hydrogen (secondary N) is 1. The van der Waals surface area contributed by atoms with E-state index in [9.17, 15) is 9.59 Å². The quantitative estimate of drug-likeness (QED) is 0.682. The van der Waals surface area contributed by atoms with Crippen molar-refractivity contribution in [1.82, 2.24) is 10.2 Å². The Morgan fingerprint density at radius 2 is 2.03 bits per heavy atom. The third kappa shape index (κ3) is 4.96. The Morgan fingerprint density at radius 1 is 1.28 bits per heavy atom. The predicted octanol–water partition coefficient (Wildman–Crippen LogP) is 4.52. The van der Waals surface area contributed by atoms with Crippen LogP contribution in [0.3, 0.4) is 0 Å². The van der Waals surface area contributed by atoms with Gasteiger partial charge >= 0.3 is 0 Å². The van der Waals surface area contributed by atoms with Gasteiger partial charge in [-0.25, -0.2) is 0 Å². The average molecular weight is 411 g/mol. The molecule has 0 aliphatic carbocycles. The second kappa shape index (κ2) is 9.40. The maximum atomic E-state index is 13.2. The van der Waals surface area contributed by atoms with Crippen molar-refractivity contribution in [3.05, 3.63) is 60.0 Å². The molecule has 1 aliphatic heterocycles. The molecule has 2 amide bonds. The molecule has 1 atom stereocenters. The number of rotatable bonds is 7. The van der Waals surface area contributed by atoms with E-state index >= 15 is 0 Å². The van der Waals surface area contributed by atoms with Crippen molar-refractivity contribution in [2.24, 2.45) is 11.3 Å². The number of amides is 2. The molecular formula is C24H30N2O2S. The van der Waals surface area contributed by atoms with E-state index in [4.69, 9.17) is 0 Å². The lowest BCUT2D eigenvalue weighted by atomic mass is 9.74. The fourth-order valence-electron chi connectivity index (χ4n) is 4.07. The summed E-state index contributed by atoms with van der Waals surface area (Å²) >= 11 is 1.72. The summed E-state index contributed by atoms with van der Waals surface area (Å²) in [6, 6.07) is 12.6. The summed E-state index contributed by atoms with van der Waals surface area (Å²) in [6.45, 7) is 9.18. The van der Waals surface area contributed by atoms with Crippen LogP contribution in [0.2, 0.25) is 0 Å². The summed E-state index contributed by atoms with van der Waals surface area (Å²) in [5, 5.41) is 5.07. The predicted molar refractivity (Wildman–Crippen MR) is 120 cm³/mol. The van der Waals surface area contributed by atoms with Gasteiger partial charge in [0.05, 0.1) is 5.41 Å². The summed E-state index contributed by atoms with van der Waals surface area (Å²) in [5.41, 5.74) is 1.71. The van der Waals surface area contributed by atoms with E-state index in [1.54, 1.807) is 17.4 Å². The fraction of sp³-hybridized carbons (Fsp3) is 0.417. The van der Waals surface area contributed by atoms with Gasteiger partial charge in [0, 0.05) is 30.4 Å². The number of nitrogens with zero attached hydrogens (tertiary/aromatic N) is 1. The van der Waals surface area contributed by atoms with Crippen LogP contribution in [0.1, 0.15) is 32.3 Å². The third-order valence-corrected chi connectivity index (χ3v) is 6.49. The smallest absolute Gasteiger partial charge is 0.228 e. The van der Waals surface area contributed by atoms with Crippen molar-refractivity contribution in [3.8, 4) is 10.4 Å². The minimum Gasteiger partial charge on any atom is -0.352 e. The first-order valence-corrected chi connectivity index (χ1v) is 11.1. The molecule has 1 aliphatic rings. The van der Waals surface area contributed by atoms with Gasteiger partial charge in [0.1, 0.15) is 0 Å². The van der Waals surface area contributed by atoms with E-state index < -0.39 is 5.41 Å². The number of benzene rings is 1. The molecule has 1 aromatic heterocycles. The first-order valence-electron chi connectivity index (χ1n) is 10.3. The van der Waals surface area contributed by atoms with Gasteiger partial charge in [0.15, 0.2) is 0 Å². The highest BCUT2D eigenvalue weighted by Crippen LogP contribution is 2.35. The molecule has 0 bridgehead atoms. The molecule has 1 saturated heterocycles. The van der Waals surface area contributed by atoms with Crippen molar-refractivity contribution in [2.45, 2.75) is 33.1 Å². The van der Waals surface area contributed by atoms with Crippen LogP contribution in [-0.2, 0) is 16.0 Å². The number of hydrogen-bond acceptors (Lipinski definition) is 3. The molecule has 0 unspecified atom stereocenters. The van der Waals surface area contributed by atoms with Crippen molar-refractivity contribution < 1.29 is 9.59 Å². The van der Waals surface area contributed by atoms with E-state index in [2.05, 4.69) is 53.7 Å². The molecule has 1 N–H and O–H groups in total. The maximum Gasteiger partial charge on any atom is 0.228 e. The Kier molecular flexibility index (Phi) is 6.91. The number of thiophene rings is 1. The molecule has 2 heterocycles. The molecule has 2 aromatic rings. The second-order valence-electron chi connectivity index (χ2n) is 8.15. The van der Waals surface area contributed by atoms with Crippen LogP contribution < -0.4 is 5.32 Å². The zero-order valence-corrected chi connectivity index (χ0v) is 18.1.